The largest absolute Gasteiger partial charge is 0.349 e. The second-order valence-corrected chi connectivity index (χ2v) is 6.44. The van der Waals surface area contributed by atoms with E-state index in [1.807, 2.05) is 30.3 Å². The van der Waals surface area contributed by atoms with Gasteiger partial charge in [0, 0.05) is 23.1 Å². The summed E-state index contributed by atoms with van der Waals surface area (Å²) in [5.74, 6) is -0.688. The van der Waals surface area contributed by atoms with Crippen molar-refractivity contribution in [3.8, 4) is 10.6 Å². The Morgan fingerprint density at radius 1 is 1.29 bits per heavy atom. The minimum atomic E-state index is -0.710. The number of carbonyl (C=O) groups is 3. The highest BCUT2D eigenvalue weighted by molar-refractivity contribution is 7.15. The molecule has 24 heavy (non-hydrogen) atoms. The van der Waals surface area contributed by atoms with Gasteiger partial charge in [-0.3, -0.25) is 14.9 Å². The topological polar surface area (TPSA) is 100 Å². The number of carbonyl (C=O) groups excluding carboxylic acids is 3. The van der Waals surface area contributed by atoms with Gasteiger partial charge in [0.2, 0.25) is 11.8 Å². The maximum absolute atomic E-state index is 12.2. The number of nitrogens with zero attached hydrogens (tertiary/aromatic N) is 1. The third kappa shape index (κ3) is 3.96. The van der Waals surface area contributed by atoms with Crippen molar-refractivity contribution in [3.05, 3.63) is 41.4 Å². The molecular formula is C16H16N4O3S. The summed E-state index contributed by atoms with van der Waals surface area (Å²) < 4.78 is 0. The highest BCUT2D eigenvalue weighted by atomic mass is 32.1. The van der Waals surface area contributed by atoms with Gasteiger partial charge in [0.1, 0.15) is 11.0 Å². The van der Waals surface area contributed by atoms with Crippen molar-refractivity contribution in [1.29, 1.82) is 0 Å². The first kappa shape index (κ1) is 16.1. The first-order valence-electron chi connectivity index (χ1n) is 7.50. The van der Waals surface area contributed by atoms with Crippen molar-refractivity contribution in [2.45, 2.75) is 25.4 Å². The highest BCUT2D eigenvalue weighted by Gasteiger charge is 2.25. The van der Waals surface area contributed by atoms with E-state index in [-0.39, 0.29) is 24.7 Å². The minimum Gasteiger partial charge on any atom is -0.349 e. The summed E-state index contributed by atoms with van der Waals surface area (Å²) in [6.07, 6.45) is 2.14. The molecule has 1 aliphatic heterocycles. The van der Waals surface area contributed by atoms with E-state index in [4.69, 9.17) is 0 Å². The molecule has 0 aliphatic carbocycles. The molecule has 3 rings (SSSR count). The zero-order valence-corrected chi connectivity index (χ0v) is 13.6. The van der Waals surface area contributed by atoms with Crippen LogP contribution in [0.3, 0.4) is 0 Å². The Labute approximate surface area is 142 Å². The van der Waals surface area contributed by atoms with Gasteiger partial charge in [0.15, 0.2) is 0 Å². The molecule has 1 atom stereocenters. The van der Waals surface area contributed by atoms with Crippen LogP contribution in [0.5, 0.6) is 0 Å². The normalized spacial score (nSPS) is 17.6. The molecule has 3 N–H and O–H groups in total. The second kappa shape index (κ2) is 7.22. The van der Waals surface area contributed by atoms with Gasteiger partial charge in [0.05, 0.1) is 6.54 Å². The van der Waals surface area contributed by atoms with Crippen molar-refractivity contribution in [2.24, 2.45) is 0 Å². The SMILES string of the molecule is O=C1CCC(C(=O)NCc2cnc(-c3ccccc3)s2)NC(=O)N1. The summed E-state index contributed by atoms with van der Waals surface area (Å²) in [7, 11) is 0. The third-order valence-corrected chi connectivity index (χ3v) is 4.59. The number of benzene rings is 1. The minimum absolute atomic E-state index is 0.134. The van der Waals surface area contributed by atoms with Gasteiger partial charge in [-0.2, -0.15) is 0 Å². The van der Waals surface area contributed by atoms with Gasteiger partial charge in [-0.05, 0) is 6.42 Å². The Bertz CT molecular complexity index is 760. The zero-order valence-electron chi connectivity index (χ0n) is 12.7. The summed E-state index contributed by atoms with van der Waals surface area (Å²) in [5, 5.41) is 8.29. The van der Waals surface area contributed by atoms with Gasteiger partial charge >= 0.3 is 6.03 Å². The monoisotopic (exact) mass is 344 g/mol. The van der Waals surface area contributed by atoms with Crippen LogP contribution in [0.15, 0.2) is 36.5 Å². The molecule has 0 spiro atoms. The third-order valence-electron chi connectivity index (χ3n) is 3.55. The van der Waals surface area contributed by atoms with E-state index in [2.05, 4.69) is 20.9 Å². The van der Waals surface area contributed by atoms with Gasteiger partial charge in [-0.1, -0.05) is 30.3 Å². The summed E-state index contributed by atoms with van der Waals surface area (Å²) in [4.78, 5) is 40.1. The van der Waals surface area contributed by atoms with Crippen molar-refractivity contribution in [1.82, 2.24) is 20.9 Å². The van der Waals surface area contributed by atoms with Crippen molar-refractivity contribution in [2.75, 3.05) is 0 Å². The molecule has 0 saturated carbocycles. The van der Waals surface area contributed by atoms with Crippen LogP contribution in [-0.2, 0) is 16.1 Å². The van der Waals surface area contributed by atoms with Crippen LogP contribution in [-0.4, -0.2) is 28.9 Å². The highest BCUT2D eigenvalue weighted by Crippen LogP contribution is 2.24. The fourth-order valence-corrected chi connectivity index (χ4v) is 3.19. The lowest BCUT2D eigenvalue weighted by Gasteiger charge is -2.14. The van der Waals surface area contributed by atoms with Crippen LogP contribution < -0.4 is 16.0 Å². The Hall–Kier alpha value is -2.74. The fourth-order valence-electron chi connectivity index (χ4n) is 2.33. The molecule has 8 heteroatoms. The van der Waals surface area contributed by atoms with E-state index in [0.29, 0.717) is 6.54 Å². The first-order valence-corrected chi connectivity index (χ1v) is 8.31. The number of hydrogen-bond acceptors (Lipinski definition) is 5. The molecule has 2 heterocycles. The predicted octanol–water partition coefficient (Wildman–Crippen LogP) is 1.41. The maximum atomic E-state index is 12.2. The number of imide groups is 1. The lowest BCUT2D eigenvalue weighted by molar-refractivity contribution is -0.123. The number of amides is 4. The molecule has 0 radical (unpaired) electrons. The predicted molar refractivity (Wildman–Crippen MR) is 89.1 cm³/mol. The standard InChI is InChI=1S/C16H16N4O3S/c21-13-7-6-12(19-16(23)20-13)14(22)17-8-11-9-18-15(24-11)10-4-2-1-3-5-10/h1-5,9,12H,6-8H2,(H,17,22)(H2,19,20,21,23). The first-order chi connectivity index (χ1) is 11.6. The lowest BCUT2D eigenvalue weighted by atomic mass is 10.1. The molecular weight excluding hydrogens is 328 g/mol. The number of urea groups is 1. The van der Waals surface area contributed by atoms with E-state index in [1.54, 1.807) is 6.20 Å². The summed E-state index contributed by atoms with van der Waals surface area (Å²) in [6.45, 7) is 0.330. The average molecular weight is 344 g/mol. The van der Waals surface area contributed by atoms with Gasteiger partial charge in [-0.25, -0.2) is 9.78 Å². The molecule has 1 aliphatic rings. The average Bonchev–Trinajstić information content (AvgIpc) is 2.99. The van der Waals surface area contributed by atoms with Crippen LogP contribution in [0.1, 0.15) is 17.7 Å². The molecule has 4 amide bonds. The van der Waals surface area contributed by atoms with Gasteiger partial charge in [0.25, 0.3) is 0 Å². The van der Waals surface area contributed by atoms with Gasteiger partial charge in [-0.15, -0.1) is 11.3 Å². The van der Waals surface area contributed by atoms with Crippen LogP contribution >= 0.6 is 11.3 Å². The second-order valence-electron chi connectivity index (χ2n) is 5.33. The Kier molecular flexibility index (Phi) is 4.85. The van der Waals surface area contributed by atoms with E-state index in [1.165, 1.54) is 11.3 Å². The summed E-state index contributed by atoms with van der Waals surface area (Å²) >= 11 is 1.50. The van der Waals surface area contributed by atoms with E-state index in [9.17, 15) is 14.4 Å². The number of nitrogens with one attached hydrogen (secondary N) is 3. The number of aromatic nitrogens is 1. The molecule has 1 saturated heterocycles. The van der Waals surface area contributed by atoms with Gasteiger partial charge < -0.3 is 10.6 Å². The van der Waals surface area contributed by atoms with Crippen LogP contribution in [0.4, 0.5) is 4.79 Å². The van der Waals surface area contributed by atoms with E-state index in [0.717, 1.165) is 15.4 Å². The Balaban J connectivity index is 1.57. The molecule has 7 nitrogen and oxygen atoms in total. The molecule has 1 aromatic heterocycles. The fraction of sp³-hybridized carbons (Fsp3) is 0.250. The molecule has 1 fully saturated rings. The molecule has 124 valence electrons. The van der Waals surface area contributed by atoms with Crippen LogP contribution in [0.25, 0.3) is 10.6 Å². The van der Waals surface area contributed by atoms with Crippen molar-refractivity contribution in [3.63, 3.8) is 0 Å². The van der Waals surface area contributed by atoms with Crippen molar-refractivity contribution < 1.29 is 14.4 Å². The number of rotatable bonds is 4. The van der Waals surface area contributed by atoms with Crippen LogP contribution in [0, 0.1) is 0 Å². The number of thiazole rings is 1. The Morgan fingerprint density at radius 3 is 2.88 bits per heavy atom. The molecule has 2 aromatic rings. The molecule has 1 aromatic carbocycles. The maximum Gasteiger partial charge on any atom is 0.322 e. The zero-order chi connectivity index (χ0) is 16.9. The molecule has 0 bridgehead atoms. The molecule has 1 unspecified atom stereocenters. The summed E-state index contributed by atoms with van der Waals surface area (Å²) in [6, 6.07) is 8.45. The lowest BCUT2D eigenvalue weighted by Crippen LogP contribution is -2.48. The van der Waals surface area contributed by atoms with Crippen LogP contribution in [0.2, 0.25) is 0 Å². The Morgan fingerprint density at radius 2 is 2.08 bits per heavy atom. The summed E-state index contributed by atoms with van der Waals surface area (Å²) in [5.41, 5.74) is 1.03. The van der Waals surface area contributed by atoms with E-state index < -0.39 is 12.1 Å². The number of hydrogen-bond donors (Lipinski definition) is 3. The quantitative estimate of drug-likeness (QED) is 0.781. The van der Waals surface area contributed by atoms with E-state index >= 15 is 0 Å². The van der Waals surface area contributed by atoms with Crippen molar-refractivity contribution >= 4 is 29.2 Å². The smallest absolute Gasteiger partial charge is 0.322 e.